The van der Waals surface area contributed by atoms with Gasteiger partial charge in [0.05, 0.1) is 0 Å². The molecule has 3 aromatic carbocycles. The summed E-state index contributed by atoms with van der Waals surface area (Å²) in [5.74, 6) is 0. The zero-order chi connectivity index (χ0) is 27.5. The Balaban J connectivity index is -0.0000000244. The van der Waals surface area contributed by atoms with Crippen LogP contribution in [0.3, 0.4) is 0 Å². The standard InChI is InChI=1S/3C6H4Br.Al.6ClH.12H2O.6Sb/c3*7-6-4-2-1-3-5-6;;;;;;;;;;;;;;;;;;;;;;;;;/h3*2-5H;;6*1H;12*1H2;;;;;;/q;;;;;;;;;;;;;;;;;;;;;;6*+1/p-6. The van der Waals surface area contributed by atoms with E-state index in [0.29, 0.717) is 0 Å². The molecule has 276 valence electrons. The predicted molar refractivity (Wildman–Crippen MR) is 220 cm³/mol. The van der Waals surface area contributed by atoms with E-state index in [0.717, 1.165) is 13.4 Å². The van der Waals surface area contributed by atoms with Crippen LogP contribution >= 0.6 is 101 Å². The SMILES string of the molecule is Brc1cc[c]([Al]([c]2ccc(Br)cc2)[c]2ccc(Br)cc2)cc1.O.O.O.O.O.O.O.O.O.O.O.O.[Cl][Sb].[Cl][Sb].[Cl][Sb].[Cl][Sb].[Cl][Sb].[Cl][Sb]. The molecule has 12 nitrogen and oxygen atoms in total. The normalized spacial score (nSPS) is 5.80. The van der Waals surface area contributed by atoms with Crippen LogP contribution in [0.1, 0.15) is 0 Å². The zero-order valence-corrected chi connectivity index (χ0v) is 48.4. The molecule has 0 spiro atoms. The summed E-state index contributed by atoms with van der Waals surface area (Å²) in [6.07, 6.45) is 0. The van der Waals surface area contributed by atoms with Gasteiger partial charge in [0.15, 0.2) is 0 Å². The molecule has 0 atom stereocenters. The predicted octanol–water partition coefficient (Wildman–Crippen LogP) is -3.55. The Morgan fingerprint density at radius 3 is 0.500 bits per heavy atom. The van der Waals surface area contributed by atoms with Crippen LogP contribution in [-0.2, 0) is 0 Å². The van der Waals surface area contributed by atoms with Crippen molar-refractivity contribution < 1.29 is 65.7 Å². The van der Waals surface area contributed by atoms with Gasteiger partial charge in [-0.1, -0.05) is 97.5 Å². The molecule has 0 amide bonds. The van der Waals surface area contributed by atoms with Crippen molar-refractivity contribution in [2.45, 2.75) is 0 Å². The first-order valence-electron chi connectivity index (χ1n) is 7.91. The van der Waals surface area contributed by atoms with Gasteiger partial charge >= 0.3 is 198 Å². The van der Waals surface area contributed by atoms with Crippen molar-refractivity contribution in [2.75, 3.05) is 0 Å². The summed E-state index contributed by atoms with van der Waals surface area (Å²) in [7, 11) is 28.1. The fourth-order valence-corrected chi connectivity index (χ4v) is 6.22. The molecule has 0 saturated heterocycles. The molecule has 12 radical (unpaired) electrons. The van der Waals surface area contributed by atoms with Crippen molar-refractivity contribution >= 4 is 259 Å². The van der Waals surface area contributed by atoms with Gasteiger partial charge < -0.3 is 65.7 Å². The van der Waals surface area contributed by atoms with Crippen LogP contribution in [0.15, 0.2) is 86.2 Å². The maximum absolute atomic E-state index is 4.69. The summed E-state index contributed by atoms with van der Waals surface area (Å²) in [6.45, 7) is 0. The Kier molecular flexibility index (Phi) is 190. The molecule has 0 fully saturated rings. The topological polar surface area (TPSA) is 378 Å². The molecule has 0 aromatic heterocycles. The Bertz CT molecular complexity index is 724. The van der Waals surface area contributed by atoms with Gasteiger partial charge in [-0.3, -0.25) is 0 Å². The van der Waals surface area contributed by atoms with Crippen molar-refractivity contribution in [3.63, 3.8) is 0 Å². The molecule has 0 aliphatic carbocycles. The third kappa shape index (κ3) is 51.9. The summed E-state index contributed by atoms with van der Waals surface area (Å²) in [5, 5.41) is 0. The van der Waals surface area contributed by atoms with Crippen molar-refractivity contribution in [3.05, 3.63) is 86.2 Å². The first-order valence-corrected chi connectivity index (χ1v) is 31.4. The number of rotatable bonds is 3. The van der Waals surface area contributed by atoms with Gasteiger partial charge in [0.2, 0.25) is 0 Å². The van der Waals surface area contributed by atoms with Gasteiger partial charge in [-0.2, -0.15) is 0 Å². The number of hydrogen-bond acceptors (Lipinski definition) is 0. The average molecular weight is 1650 g/mol. The molecule has 3 aromatic rings. The van der Waals surface area contributed by atoms with E-state index in [4.69, 9.17) is 0 Å². The van der Waals surface area contributed by atoms with Gasteiger partial charge in [-0.15, -0.1) is 0 Å². The van der Waals surface area contributed by atoms with Crippen LogP contribution in [0.4, 0.5) is 0 Å². The van der Waals surface area contributed by atoms with Gasteiger partial charge in [-0.05, 0) is 36.4 Å². The summed E-state index contributed by atoms with van der Waals surface area (Å²) in [5.41, 5.74) is 0. The van der Waals surface area contributed by atoms with E-state index in [9.17, 15) is 0 Å². The second-order valence-electron chi connectivity index (χ2n) is 5.09. The van der Waals surface area contributed by atoms with Gasteiger partial charge in [0.25, 0.3) is 0 Å². The van der Waals surface area contributed by atoms with Crippen molar-refractivity contribution in [2.24, 2.45) is 0 Å². The Labute approximate surface area is 403 Å². The van der Waals surface area contributed by atoms with E-state index in [-0.39, 0.29) is 65.7 Å². The maximum atomic E-state index is 4.69. The molecule has 0 bridgehead atoms. The summed E-state index contributed by atoms with van der Waals surface area (Å²) < 4.78 is 7.63. The Hall–Kier alpha value is 5.80. The second-order valence-corrected chi connectivity index (χ2v) is 10.7. The van der Waals surface area contributed by atoms with Crippen molar-refractivity contribution in [3.8, 4) is 0 Å². The van der Waals surface area contributed by atoms with E-state index >= 15 is 0 Å². The van der Waals surface area contributed by atoms with Gasteiger partial charge in [-0.25, -0.2) is 0 Å². The van der Waals surface area contributed by atoms with Crippen LogP contribution in [0.2, 0.25) is 0 Å². The van der Waals surface area contributed by atoms with Gasteiger partial charge in [0, 0.05) is 13.4 Å². The second kappa shape index (κ2) is 83.7. The minimum absolute atomic E-state index is 0. The van der Waals surface area contributed by atoms with Crippen molar-refractivity contribution in [1.82, 2.24) is 0 Å². The molecular formula is C18H36AlBr3Cl6O12Sb6. The summed E-state index contributed by atoms with van der Waals surface area (Å²) in [6, 6.07) is 26.2. The molecule has 0 aliphatic rings. The van der Waals surface area contributed by atoms with Crippen molar-refractivity contribution in [1.29, 1.82) is 0 Å². The number of halogens is 9. The van der Waals surface area contributed by atoms with E-state index in [1.165, 1.54) is 145 Å². The Morgan fingerprint density at radius 2 is 0.391 bits per heavy atom. The first-order chi connectivity index (χ1) is 16.6. The molecule has 0 aliphatic heterocycles. The molecule has 24 N–H and O–H groups in total. The third-order valence-electron chi connectivity index (χ3n) is 3.61. The van der Waals surface area contributed by atoms with Crippen LogP contribution in [0.5, 0.6) is 0 Å². The summed E-state index contributed by atoms with van der Waals surface area (Å²) >= 11 is 16.5. The van der Waals surface area contributed by atoms with Crippen LogP contribution in [-0.4, -0.2) is 211 Å². The molecular weight excluding hydrogens is 1620 g/mol. The fourth-order valence-electron chi connectivity index (χ4n) is 2.54. The fraction of sp³-hybridized carbons (Fsp3) is 0. The summed E-state index contributed by atoms with van der Waals surface area (Å²) in [4.78, 5) is 0. The molecule has 0 unspecified atom stereocenters. The molecule has 0 saturated carbocycles. The third-order valence-corrected chi connectivity index (χ3v) is 8.35. The molecule has 28 heteroatoms. The van der Waals surface area contributed by atoms with E-state index in [1.807, 2.05) is 0 Å². The number of benzene rings is 3. The average Bonchev–Trinajstić information content (AvgIpc) is 2.94. The molecule has 3 rings (SSSR count). The Morgan fingerprint density at radius 1 is 0.283 bits per heavy atom. The van der Waals surface area contributed by atoms with Crippen LogP contribution < -0.4 is 13.3 Å². The minimum atomic E-state index is -1.43. The molecule has 46 heavy (non-hydrogen) atoms. The molecule has 0 heterocycles. The van der Waals surface area contributed by atoms with Crippen LogP contribution in [0, 0.1) is 0 Å². The quantitative estimate of drug-likeness (QED) is 0.230. The monoisotopic (exact) mass is 1640 g/mol. The van der Waals surface area contributed by atoms with Crippen LogP contribution in [0.25, 0.3) is 0 Å². The van der Waals surface area contributed by atoms with E-state index in [1.54, 1.807) is 0 Å². The van der Waals surface area contributed by atoms with E-state index in [2.05, 4.69) is 174 Å². The van der Waals surface area contributed by atoms with Gasteiger partial charge in [0.1, 0.15) is 0 Å². The van der Waals surface area contributed by atoms with E-state index < -0.39 is 14.1 Å². The number of hydrogen-bond donors (Lipinski definition) is 0. The zero-order valence-electron chi connectivity index (χ0n) is 22.6. The first kappa shape index (κ1) is 104.